The van der Waals surface area contributed by atoms with Gasteiger partial charge in [0.2, 0.25) is 5.88 Å². The molecule has 0 unspecified atom stereocenters. The predicted octanol–water partition coefficient (Wildman–Crippen LogP) is 5.07. The van der Waals surface area contributed by atoms with Crippen LogP contribution in [0.1, 0.15) is 43.4 Å². The fraction of sp³-hybridized carbons (Fsp3) is 0.467. The number of hydrogen-bond acceptors (Lipinski definition) is 6. The molecule has 220 valence electrons. The largest absolute Gasteiger partial charge is 0.476 e. The van der Waals surface area contributed by atoms with Crippen molar-refractivity contribution in [2.45, 2.75) is 45.3 Å². The molecule has 11 heteroatoms. The number of nitrogens with zero attached hydrogens (tertiary/aromatic N) is 4. The van der Waals surface area contributed by atoms with Crippen LogP contribution in [0, 0.1) is 24.5 Å². The van der Waals surface area contributed by atoms with Crippen molar-refractivity contribution in [3.63, 3.8) is 0 Å². The molecule has 2 aliphatic rings. The minimum Gasteiger partial charge on any atom is -0.476 e. The van der Waals surface area contributed by atoms with E-state index in [1.54, 1.807) is 9.75 Å². The van der Waals surface area contributed by atoms with Crippen molar-refractivity contribution in [2.24, 2.45) is 5.92 Å². The van der Waals surface area contributed by atoms with Gasteiger partial charge in [0.05, 0.1) is 23.9 Å². The second-order valence-electron chi connectivity index (χ2n) is 10.9. The van der Waals surface area contributed by atoms with Crippen LogP contribution in [0.4, 0.5) is 19.4 Å². The molecule has 0 saturated carbocycles. The summed E-state index contributed by atoms with van der Waals surface area (Å²) in [5.41, 5.74) is 1.94. The number of anilines is 1. The number of benzene rings is 2. The first-order valence-electron chi connectivity index (χ1n) is 14.2. The monoisotopic (exact) mass is 568 g/mol. The van der Waals surface area contributed by atoms with E-state index >= 15 is 0 Å². The lowest BCUT2D eigenvalue weighted by atomic mass is 9.98. The number of likely N-dealkylation sites (tertiary alicyclic amines) is 1. The molecule has 2 amide bonds. The SMILES string of the molecule is CCCN1C[C@@H](NC(=O)Nc2c(C)c(OCC3CCN(C)CC3)nn2-c2ccccc2)[C@H](c2ccc(F)c(F)c2)O1. The van der Waals surface area contributed by atoms with Gasteiger partial charge in [-0.25, -0.2) is 18.3 Å². The molecule has 0 radical (unpaired) electrons. The second kappa shape index (κ2) is 13.0. The highest BCUT2D eigenvalue weighted by Crippen LogP contribution is 2.32. The Labute approximate surface area is 239 Å². The fourth-order valence-electron chi connectivity index (χ4n) is 5.34. The Balaban J connectivity index is 1.34. The standard InChI is InChI=1S/C30H38F2N6O3/c1-4-14-37-18-26(27(41-37)22-10-11-24(31)25(32)17-22)33-30(39)34-28-20(2)29(35-38(28)23-8-6-5-7-9-23)40-19-21-12-15-36(3)16-13-21/h5-11,17,21,26-27H,4,12-16,18-19H2,1-3H3,(H2,33,34,39)/t26-,27+/m1/s1. The fourth-order valence-corrected chi connectivity index (χ4v) is 5.34. The molecular formula is C30H38F2N6O3. The molecule has 2 saturated heterocycles. The van der Waals surface area contributed by atoms with E-state index in [4.69, 9.17) is 14.7 Å². The van der Waals surface area contributed by atoms with E-state index in [-0.39, 0.29) is 0 Å². The Kier molecular flexibility index (Phi) is 9.16. The molecule has 3 heterocycles. The van der Waals surface area contributed by atoms with E-state index in [0.717, 1.165) is 50.2 Å². The lowest BCUT2D eigenvalue weighted by molar-refractivity contribution is -0.147. The number of carbonyl (C=O) groups is 1. The maximum Gasteiger partial charge on any atom is 0.320 e. The van der Waals surface area contributed by atoms with Crippen LogP contribution in [0.3, 0.4) is 0 Å². The minimum atomic E-state index is -0.960. The predicted molar refractivity (Wildman–Crippen MR) is 152 cm³/mol. The highest BCUT2D eigenvalue weighted by Gasteiger charge is 2.37. The normalized spacial score (nSPS) is 20.3. The maximum atomic E-state index is 14.0. The van der Waals surface area contributed by atoms with Crippen molar-refractivity contribution >= 4 is 11.8 Å². The third-order valence-electron chi connectivity index (χ3n) is 7.70. The van der Waals surface area contributed by atoms with Gasteiger partial charge in [0, 0.05) is 13.1 Å². The maximum absolute atomic E-state index is 14.0. The smallest absolute Gasteiger partial charge is 0.320 e. The zero-order valence-electron chi connectivity index (χ0n) is 23.8. The first kappa shape index (κ1) is 29.0. The van der Waals surface area contributed by atoms with Gasteiger partial charge in [-0.1, -0.05) is 31.2 Å². The van der Waals surface area contributed by atoms with Crippen molar-refractivity contribution < 1.29 is 23.1 Å². The van der Waals surface area contributed by atoms with E-state index in [9.17, 15) is 13.6 Å². The molecule has 2 atom stereocenters. The van der Waals surface area contributed by atoms with E-state index < -0.39 is 29.8 Å². The first-order valence-corrected chi connectivity index (χ1v) is 14.2. The molecule has 41 heavy (non-hydrogen) atoms. The van der Waals surface area contributed by atoms with Crippen LogP contribution in [0.15, 0.2) is 48.5 Å². The zero-order chi connectivity index (χ0) is 28.9. The Hall–Kier alpha value is -3.54. The van der Waals surface area contributed by atoms with Crippen LogP contribution in [0.25, 0.3) is 5.69 Å². The number of urea groups is 1. The summed E-state index contributed by atoms with van der Waals surface area (Å²) in [5.74, 6) is -0.480. The van der Waals surface area contributed by atoms with Crippen molar-refractivity contribution in [2.75, 3.05) is 45.2 Å². The van der Waals surface area contributed by atoms with Crippen molar-refractivity contribution in [1.82, 2.24) is 25.1 Å². The van der Waals surface area contributed by atoms with Crippen LogP contribution < -0.4 is 15.4 Å². The van der Waals surface area contributed by atoms with E-state index in [0.29, 0.717) is 48.4 Å². The van der Waals surface area contributed by atoms with Gasteiger partial charge in [-0.15, -0.1) is 5.10 Å². The van der Waals surface area contributed by atoms with Gasteiger partial charge in [0.25, 0.3) is 0 Å². The first-order chi connectivity index (χ1) is 19.8. The van der Waals surface area contributed by atoms with Crippen molar-refractivity contribution in [1.29, 1.82) is 0 Å². The number of para-hydroxylation sites is 1. The van der Waals surface area contributed by atoms with Gasteiger partial charge < -0.3 is 15.0 Å². The number of amides is 2. The molecule has 2 aliphatic heterocycles. The third-order valence-corrected chi connectivity index (χ3v) is 7.70. The summed E-state index contributed by atoms with van der Waals surface area (Å²) in [6.07, 6.45) is 2.30. The van der Waals surface area contributed by atoms with Gasteiger partial charge in [-0.05, 0) is 82.1 Å². The summed E-state index contributed by atoms with van der Waals surface area (Å²) in [5, 5.41) is 12.4. The van der Waals surface area contributed by atoms with Gasteiger partial charge in [0.1, 0.15) is 11.9 Å². The Bertz CT molecular complexity index is 1330. The summed E-state index contributed by atoms with van der Waals surface area (Å²) in [7, 11) is 2.13. The number of ether oxygens (including phenoxy) is 1. The zero-order valence-corrected chi connectivity index (χ0v) is 23.8. The number of halogens is 2. The number of hydroxylamine groups is 2. The Morgan fingerprint density at radius 2 is 1.88 bits per heavy atom. The Morgan fingerprint density at radius 1 is 1.12 bits per heavy atom. The molecule has 2 fully saturated rings. The average Bonchev–Trinajstić information content (AvgIpc) is 3.50. The molecule has 0 bridgehead atoms. The summed E-state index contributed by atoms with van der Waals surface area (Å²) in [4.78, 5) is 21.7. The van der Waals surface area contributed by atoms with Gasteiger partial charge in [0.15, 0.2) is 11.6 Å². The highest BCUT2D eigenvalue weighted by atomic mass is 19.2. The number of aromatic nitrogens is 2. The summed E-state index contributed by atoms with van der Waals surface area (Å²) >= 11 is 0. The number of nitrogens with one attached hydrogen (secondary N) is 2. The molecule has 9 nitrogen and oxygen atoms in total. The molecule has 0 aliphatic carbocycles. The van der Waals surface area contributed by atoms with E-state index in [1.807, 2.05) is 44.2 Å². The lowest BCUT2D eigenvalue weighted by Gasteiger charge is -2.28. The van der Waals surface area contributed by atoms with Gasteiger partial charge in [-0.3, -0.25) is 10.2 Å². The molecule has 2 aromatic carbocycles. The van der Waals surface area contributed by atoms with Gasteiger partial charge in [-0.2, -0.15) is 5.06 Å². The highest BCUT2D eigenvalue weighted by molar-refractivity contribution is 5.90. The summed E-state index contributed by atoms with van der Waals surface area (Å²) in [6, 6.07) is 12.2. The lowest BCUT2D eigenvalue weighted by Crippen LogP contribution is -2.42. The third kappa shape index (κ3) is 6.86. The van der Waals surface area contributed by atoms with Crippen LogP contribution >= 0.6 is 0 Å². The molecule has 2 N–H and O–H groups in total. The molecular weight excluding hydrogens is 530 g/mol. The number of piperidine rings is 1. The minimum absolute atomic E-state index is 0.396. The number of rotatable bonds is 9. The van der Waals surface area contributed by atoms with Crippen LogP contribution in [-0.4, -0.2) is 71.7 Å². The van der Waals surface area contributed by atoms with E-state index in [1.165, 1.54) is 6.07 Å². The Morgan fingerprint density at radius 3 is 2.59 bits per heavy atom. The second-order valence-corrected chi connectivity index (χ2v) is 10.9. The van der Waals surface area contributed by atoms with Crippen molar-refractivity contribution in [3.8, 4) is 11.6 Å². The average molecular weight is 569 g/mol. The number of carbonyl (C=O) groups excluding carboxylic acids is 1. The van der Waals surface area contributed by atoms with Crippen LogP contribution in [-0.2, 0) is 4.84 Å². The van der Waals surface area contributed by atoms with E-state index in [2.05, 4.69) is 22.6 Å². The molecule has 0 spiro atoms. The quantitative estimate of drug-likeness (QED) is 0.375. The molecule has 5 rings (SSSR count). The van der Waals surface area contributed by atoms with Crippen LogP contribution in [0.5, 0.6) is 5.88 Å². The van der Waals surface area contributed by atoms with Gasteiger partial charge >= 0.3 is 6.03 Å². The molecule has 3 aromatic rings. The summed E-state index contributed by atoms with van der Waals surface area (Å²) in [6.45, 7) is 7.58. The van der Waals surface area contributed by atoms with Crippen LogP contribution in [0.2, 0.25) is 0 Å². The number of hydrogen-bond donors (Lipinski definition) is 2. The molecule has 1 aromatic heterocycles. The van der Waals surface area contributed by atoms with Crippen molar-refractivity contribution in [3.05, 3.63) is 71.3 Å². The topological polar surface area (TPSA) is 83.9 Å². The summed E-state index contributed by atoms with van der Waals surface area (Å²) < 4.78 is 35.5.